The molecule has 3 nitrogen and oxygen atoms in total. The quantitative estimate of drug-likeness (QED) is 0.518. The van der Waals surface area contributed by atoms with Gasteiger partial charge in [-0.3, -0.25) is 9.10 Å². The Kier molecular flexibility index (Phi) is 4.25. The summed E-state index contributed by atoms with van der Waals surface area (Å²) in [5.74, 6) is 1.18. The molecular formula is C7H14N2OS2. The Bertz CT molecular complexity index is 155. The van der Waals surface area contributed by atoms with E-state index in [2.05, 4.69) is 0 Å². The monoisotopic (exact) mass is 206 g/mol. The number of amides is 1. The Morgan fingerprint density at radius 1 is 1.58 bits per heavy atom. The SMILES string of the molecule is C[C@H](N)C(=O)N1CCCCSS1. The van der Waals surface area contributed by atoms with E-state index in [1.807, 2.05) is 0 Å². The van der Waals surface area contributed by atoms with E-state index < -0.39 is 0 Å². The Morgan fingerprint density at radius 3 is 3.00 bits per heavy atom. The van der Waals surface area contributed by atoms with E-state index in [0.29, 0.717) is 0 Å². The second kappa shape index (κ2) is 4.99. The molecule has 0 aromatic carbocycles. The normalized spacial score (nSPS) is 21.7. The van der Waals surface area contributed by atoms with Gasteiger partial charge in [-0.1, -0.05) is 10.8 Å². The Balaban J connectivity index is 2.43. The maximum Gasteiger partial charge on any atom is 0.249 e. The van der Waals surface area contributed by atoms with Crippen LogP contribution in [0.4, 0.5) is 0 Å². The summed E-state index contributed by atoms with van der Waals surface area (Å²) in [6, 6.07) is -0.365. The predicted octanol–water partition coefficient (Wildman–Crippen LogP) is 1.25. The maximum absolute atomic E-state index is 11.4. The van der Waals surface area contributed by atoms with Crippen LogP contribution in [0.2, 0.25) is 0 Å². The van der Waals surface area contributed by atoms with Gasteiger partial charge >= 0.3 is 0 Å². The summed E-state index contributed by atoms with van der Waals surface area (Å²) < 4.78 is 1.78. The van der Waals surface area contributed by atoms with Crippen LogP contribution in [0.1, 0.15) is 19.8 Å². The molecule has 1 rings (SSSR count). The van der Waals surface area contributed by atoms with Crippen molar-refractivity contribution in [1.29, 1.82) is 0 Å². The highest BCUT2D eigenvalue weighted by atomic mass is 33.1. The number of carbonyl (C=O) groups excluding carboxylic acids is 1. The molecule has 12 heavy (non-hydrogen) atoms. The van der Waals surface area contributed by atoms with Crippen LogP contribution in [-0.2, 0) is 4.79 Å². The Hall–Kier alpha value is 0.130. The predicted molar refractivity (Wildman–Crippen MR) is 54.6 cm³/mol. The van der Waals surface area contributed by atoms with E-state index in [9.17, 15) is 4.79 Å². The fourth-order valence-electron chi connectivity index (χ4n) is 0.929. The van der Waals surface area contributed by atoms with Crippen molar-refractivity contribution in [2.45, 2.75) is 25.8 Å². The number of rotatable bonds is 1. The van der Waals surface area contributed by atoms with Crippen molar-refractivity contribution in [1.82, 2.24) is 4.31 Å². The molecule has 0 spiro atoms. The fourth-order valence-corrected chi connectivity index (χ4v) is 3.30. The summed E-state index contributed by atoms with van der Waals surface area (Å²) >= 11 is 0. The van der Waals surface area contributed by atoms with Crippen LogP contribution in [0.3, 0.4) is 0 Å². The molecular weight excluding hydrogens is 192 g/mol. The standard InChI is InChI=1S/C7H14N2OS2/c1-6(8)7(10)9-4-2-3-5-11-12-9/h6H,2-5,8H2,1H3/t6-/m0/s1. The van der Waals surface area contributed by atoms with Crippen LogP contribution in [0.15, 0.2) is 0 Å². The molecule has 0 unspecified atom stereocenters. The van der Waals surface area contributed by atoms with Crippen molar-refractivity contribution in [3.8, 4) is 0 Å². The molecule has 1 fully saturated rings. The van der Waals surface area contributed by atoms with Crippen LogP contribution in [0.25, 0.3) is 0 Å². The van der Waals surface area contributed by atoms with Gasteiger partial charge in [0.15, 0.2) is 0 Å². The molecule has 70 valence electrons. The van der Waals surface area contributed by atoms with Crippen molar-refractivity contribution < 1.29 is 4.79 Å². The third kappa shape index (κ3) is 2.88. The second-order valence-corrected chi connectivity index (χ2v) is 5.22. The van der Waals surface area contributed by atoms with Crippen LogP contribution in [0.5, 0.6) is 0 Å². The fraction of sp³-hybridized carbons (Fsp3) is 0.857. The smallest absolute Gasteiger partial charge is 0.249 e. The molecule has 1 heterocycles. The van der Waals surface area contributed by atoms with Gasteiger partial charge in [-0.2, -0.15) is 0 Å². The summed E-state index contributed by atoms with van der Waals surface area (Å²) in [6.07, 6.45) is 2.29. The van der Waals surface area contributed by atoms with E-state index in [4.69, 9.17) is 5.73 Å². The zero-order chi connectivity index (χ0) is 8.97. The highest BCUT2D eigenvalue weighted by Gasteiger charge is 2.19. The molecule has 1 amide bonds. The Labute approximate surface area is 81.0 Å². The molecule has 0 aromatic rings. The maximum atomic E-state index is 11.4. The van der Waals surface area contributed by atoms with Crippen LogP contribution in [0, 0.1) is 0 Å². The first-order valence-corrected chi connectivity index (χ1v) is 6.36. The third-order valence-corrected chi connectivity index (χ3v) is 4.08. The van der Waals surface area contributed by atoms with Crippen molar-refractivity contribution in [2.75, 3.05) is 12.3 Å². The van der Waals surface area contributed by atoms with E-state index >= 15 is 0 Å². The van der Waals surface area contributed by atoms with E-state index in [0.717, 1.165) is 18.7 Å². The second-order valence-electron chi connectivity index (χ2n) is 2.83. The van der Waals surface area contributed by atoms with Gasteiger partial charge in [0.05, 0.1) is 6.04 Å². The lowest BCUT2D eigenvalue weighted by Crippen LogP contribution is -2.38. The van der Waals surface area contributed by atoms with Crippen LogP contribution >= 0.6 is 21.8 Å². The molecule has 1 aliphatic rings. The molecule has 0 radical (unpaired) electrons. The summed E-state index contributed by atoms with van der Waals surface area (Å²) in [5, 5.41) is 0. The van der Waals surface area contributed by atoms with Gasteiger partial charge in [0.25, 0.3) is 0 Å². The first-order chi connectivity index (χ1) is 5.72. The minimum absolute atomic E-state index is 0.0504. The lowest BCUT2D eigenvalue weighted by atomic mass is 10.3. The number of hydrogen-bond acceptors (Lipinski definition) is 4. The highest BCUT2D eigenvalue weighted by Crippen LogP contribution is 2.30. The molecule has 1 atom stereocenters. The summed E-state index contributed by atoms with van der Waals surface area (Å²) in [6.45, 7) is 2.58. The zero-order valence-electron chi connectivity index (χ0n) is 7.16. The van der Waals surface area contributed by atoms with E-state index in [-0.39, 0.29) is 11.9 Å². The molecule has 1 saturated heterocycles. The third-order valence-electron chi connectivity index (χ3n) is 1.62. The van der Waals surface area contributed by atoms with Gasteiger partial charge in [-0.25, -0.2) is 0 Å². The zero-order valence-corrected chi connectivity index (χ0v) is 8.79. The first kappa shape index (κ1) is 10.2. The summed E-state index contributed by atoms with van der Waals surface area (Å²) in [5.41, 5.74) is 5.50. The molecule has 5 heteroatoms. The molecule has 0 aliphatic carbocycles. The minimum Gasteiger partial charge on any atom is -0.320 e. The number of hydrogen-bond donors (Lipinski definition) is 1. The van der Waals surface area contributed by atoms with Gasteiger partial charge in [0, 0.05) is 23.3 Å². The van der Waals surface area contributed by atoms with Crippen molar-refractivity contribution >= 4 is 27.7 Å². The minimum atomic E-state index is -0.365. The Morgan fingerprint density at radius 2 is 2.33 bits per heavy atom. The van der Waals surface area contributed by atoms with E-state index in [1.165, 1.54) is 6.42 Å². The van der Waals surface area contributed by atoms with Gasteiger partial charge in [0.2, 0.25) is 5.91 Å². The largest absolute Gasteiger partial charge is 0.320 e. The van der Waals surface area contributed by atoms with Crippen LogP contribution in [-0.4, -0.2) is 28.6 Å². The van der Waals surface area contributed by atoms with Crippen molar-refractivity contribution in [2.24, 2.45) is 5.73 Å². The molecule has 1 aliphatic heterocycles. The van der Waals surface area contributed by atoms with Crippen molar-refractivity contribution in [3.63, 3.8) is 0 Å². The number of carbonyl (C=O) groups is 1. The molecule has 2 N–H and O–H groups in total. The van der Waals surface area contributed by atoms with E-state index in [1.54, 1.807) is 33.0 Å². The topological polar surface area (TPSA) is 46.3 Å². The lowest BCUT2D eigenvalue weighted by molar-refractivity contribution is -0.127. The van der Waals surface area contributed by atoms with Gasteiger partial charge in [-0.05, 0) is 19.8 Å². The number of nitrogens with two attached hydrogens (primary N) is 1. The molecule has 0 aromatic heterocycles. The lowest BCUT2D eigenvalue weighted by Gasteiger charge is -2.19. The number of nitrogens with zero attached hydrogens (tertiary/aromatic N) is 1. The van der Waals surface area contributed by atoms with Gasteiger partial charge in [0.1, 0.15) is 0 Å². The summed E-state index contributed by atoms with van der Waals surface area (Å²) in [7, 11) is 3.28. The average Bonchev–Trinajstić information content (AvgIpc) is 2.30. The molecule has 0 saturated carbocycles. The van der Waals surface area contributed by atoms with Crippen molar-refractivity contribution in [3.05, 3.63) is 0 Å². The highest BCUT2D eigenvalue weighted by molar-refractivity contribution is 8.75. The average molecular weight is 206 g/mol. The first-order valence-electron chi connectivity index (χ1n) is 4.08. The molecule has 0 bridgehead atoms. The van der Waals surface area contributed by atoms with Gasteiger partial charge < -0.3 is 5.73 Å². The summed E-state index contributed by atoms with van der Waals surface area (Å²) in [4.78, 5) is 11.4. The van der Waals surface area contributed by atoms with Gasteiger partial charge in [-0.15, -0.1) is 0 Å². The van der Waals surface area contributed by atoms with Crippen LogP contribution < -0.4 is 5.73 Å².